The van der Waals surface area contributed by atoms with Crippen molar-refractivity contribution in [1.29, 1.82) is 0 Å². The smallest absolute Gasteiger partial charge is 0.203 e. The molecule has 0 saturated heterocycles. The van der Waals surface area contributed by atoms with E-state index in [-0.39, 0.29) is 0 Å². The fourth-order valence-electron chi connectivity index (χ4n) is 0.778. The number of hydrogen-bond acceptors (Lipinski definition) is 4. The maximum Gasteiger partial charge on any atom is 0.203 e. The Balaban J connectivity index is 2.95. The number of fused-ring (bicyclic) bond motifs is 1. The summed E-state index contributed by atoms with van der Waals surface area (Å²) in [6.45, 7) is 0. The fourth-order valence-corrected chi connectivity index (χ4v) is 0.778. The highest BCUT2D eigenvalue weighted by Crippen LogP contribution is 2.02. The minimum atomic E-state index is 0.403. The second-order valence-electron chi connectivity index (χ2n) is 1.87. The number of aromatic nitrogens is 4. The molecule has 2 rings (SSSR count). The standard InChI is InChI=1S/C5H5N5/c6-4-5-9-8-3-10(5)2-1-7-4/h1-3H,(H2,6,7). The molecule has 0 aliphatic carbocycles. The van der Waals surface area contributed by atoms with Gasteiger partial charge in [-0.15, -0.1) is 10.2 Å². The van der Waals surface area contributed by atoms with Gasteiger partial charge in [0.15, 0.2) is 5.82 Å². The van der Waals surface area contributed by atoms with E-state index in [4.69, 9.17) is 5.73 Å². The number of nitrogens with two attached hydrogens (primary N) is 1. The van der Waals surface area contributed by atoms with Crippen LogP contribution in [0.4, 0.5) is 5.82 Å². The first kappa shape index (κ1) is 5.16. The van der Waals surface area contributed by atoms with E-state index in [2.05, 4.69) is 15.2 Å². The SMILES string of the molecule is Nc1nccn2cnnc12. The van der Waals surface area contributed by atoms with E-state index in [9.17, 15) is 0 Å². The zero-order chi connectivity index (χ0) is 6.97. The molecule has 0 fully saturated rings. The monoisotopic (exact) mass is 135 g/mol. The van der Waals surface area contributed by atoms with Crippen molar-refractivity contribution in [2.75, 3.05) is 5.73 Å². The van der Waals surface area contributed by atoms with Crippen molar-refractivity contribution >= 4 is 11.5 Å². The summed E-state index contributed by atoms with van der Waals surface area (Å²) in [7, 11) is 0. The highest BCUT2D eigenvalue weighted by atomic mass is 15.2. The number of nitrogen functional groups attached to an aromatic ring is 1. The average molecular weight is 135 g/mol. The van der Waals surface area contributed by atoms with Crippen molar-refractivity contribution in [3.05, 3.63) is 18.7 Å². The van der Waals surface area contributed by atoms with E-state index < -0.39 is 0 Å². The van der Waals surface area contributed by atoms with Gasteiger partial charge in [0.05, 0.1) is 0 Å². The Kier molecular flexibility index (Phi) is 0.858. The molecule has 0 saturated carbocycles. The van der Waals surface area contributed by atoms with Crippen LogP contribution in [0.5, 0.6) is 0 Å². The minimum absolute atomic E-state index is 0.403. The Morgan fingerprint density at radius 1 is 1.50 bits per heavy atom. The predicted molar refractivity (Wildman–Crippen MR) is 35.2 cm³/mol. The summed E-state index contributed by atoms with van der Waals surface area (Å²) in [4.78, 5) is 3.83. The molecule has 5 nitrogen and oxygen atoms in total. The lowest BCUT2D eigenvalue weighted by atomic mass is 10.6. The van der Waals surface area contributed by atoms with Crippen LogP contribution in [0.2, 0.25) is 0 Å². The first-order valence-corrected chi connectivity index (χ1v) is 2.78. The third kappa shape index (κ3) is 0.540. The van der Waals surface area contributed by atoms with E-state index in [1.165, 1.54) is 0 Å². The van der Waals surface area contributed by atoms with Gasteiger partial charge in [-0.25, -0.2) is 4.98 Å². The summed E-state index contributed by atoms with van der Waals surface area (Å²) in [6.07, 6.45) is 4.92. The van der Waals surface area contributed by atoms with Crippen molar-refractivity contribution < 1.29 is 0 Å². The third-order valence-electron chi connectivity index (χ3n) is 1.24. The van der Waals surface area contributed by atoms with Crippen LogP contribution in [0, 0.1) is 0 Å². The molecule has 2 aromatic rings. The molecule has 0 amide bonds. The van der Waals surface area contributed by atoms with Gasteiger partial charge < -0.3 is 5.73 Å². The largest absolute Gasteiger partial charge is 0.381 e. The molecule has 0 bridgehead atoms. The topological polar surface area (TPSA) is 69.1 Å². The Morgan fingerprint density at radius 2 is 2.40 bits per heavy atom. The Bertz CT molecular complexity index is 352. The summed E-state index contributed by atoms with van der Waals surface area (Å²) in [5, 5.41) is 7.40. The zero-order valence-corrected chi connectivity index (χ0v) is 5.10. The third-order valence-corrected chi connectivity index (χ3v) is 1.24. The summed E-state index contributed by atoms with van der Waals surface area (Å²) in [5.74, 6) is 0.403. The van der Waals surface area contributed by atoms with E-state index in [1.807, 2.05) is 0 Å². The minimum Gasteiger partial charge on any atom is -0.381 e. The lowest BCUT2D eigenvalue weighted by Gasteiger charge is -1.91. The highest BCUT2D eigenvalue weighted by Gasteiger charge is 1.97. The number of anilines is 1. The van der Waals surface area contributed by atoms with Gasteiger partial charge in [0.2, 0.25) is 5.65 Å². The lowest BCUT2D eigenvalue weighted by molar-refractivity contribution is 1.10. The molecule has 0 radical (unpaired) electrons. The van der Waals surface area contributed by atoms with Crippen molar-refractivity contribution in [3.63, 3.8) is 0 Å². The van der Waals surface area contributed by atoms with Gasteiger partial charge in [0.25, 0.3) is 0 Å². The van der Waals surface area contributed by atoms with Crippen LogP contribution in [0.1, 0.15) is 0 Å². The van der Waals surface area contributed by atoms with E-state index in [0.717, 1.165) is 0 Å². The van der Waals surface area contributed by atoms with Gasteiger partial charge in [-0.05, 0) is 0 Å². The number of hydrogen-bond donors (Lipinski definition) is 1. The first-order valence-electron chi connectivity index (χ1n) is 2.78. The quantitative estimate of drug-likeness (QED) is 0.538. The van der Waals surface area contributed by atoms with Gasteiger partial charge in [-0.2, -0.15) is 0 Å². The molecule has 0 spiro atoms. The Labute approximate surface area is 56.5 Å². The van der Waals surface area contributed by atoms with Gasteiger partial charge in [0, 0.05) is 12.4 Å². The van der Waals surface area contributed by atoms with Gasteiger partial charge in [-0.1, -0.05) is 0 Å². The van der Waals surface area contributed by atoms with Crippen molar-refractivity contribution in [2.45, 2.75) is 0 Å². The molecule has 0 aliphatic heterocycles. The molecule has 2 N–H and O–H groups in total. The molecule has 0 unspecified atom stereocenters. The molecule has 2 aromatic heterocycles. The van der Waals surface area contributed by atoms with Gasteiger partial charge in [0.1, 0.15) is 6.33 Å². The van der Waals surface area contributed by atoms with E-state index in [0.29, 0.717) is 11.5 Å². The second-order valence-corrected chi connectivity index (χ2v) is 1.87. The molecule has 10 heavy (non-hydrogen) atoms. The summed E-state index contributed by atoms with van der Waals surface area (Å²) in [6, 6.07) is 0. The summed E-state index contributed by atoms with van der Waals surface area (Å²) >= 11 is 0. The normalized spacial score (nSPS) is 10.4. The second kappa shape index (κ2) is 1.66. The fraction of sp³-hybridized carbons (Fsp3) is 0. The van der Waals surface area contributed by atoms with Gasteiger partial charge in [-0.3, -0.25) is 4.40 Å². The average Bonchev–Trinajstić information content (AvgIpc) is 2.36. The van der Waals surface area contributed by atoms with E-state index in [1.54, 1.807) is 23.1 Å². The zero-order valence-electron chi connectivity index (χ0n) is 5.10. The van der Waals surface area contributed by atoms with Crippen molar-refractivity contribution in [3.8, 4) is 0 Å². The van der Waals surface area contributed by atoms with Crippen LogP contribution in [0.15, 0.2) is 18.7 Å². The molecular weight excluding hydrogens is 130 g/mol. The van der Waals surface area contributed by atoms with Crippen LogP contribution in [-0.2, 0) is 0 Å². The summed E-state index contributed by atoms with van der Waals surface area (Å²) in [5.41, 5.74) is 6.07. The number of rotatable bonds is 0. The summed E-state index contributed by atoms with van der Waals surface area (Å²) < 4.78 is 1.71. The predicted octanol–water partition coefficient (Wildman–Crippen LogP) is -0.294. The molecule has 0 aromatic carbocycles. The Hall–Kier alpha value is -1.65. The van der Waals surface area contributed by atoms with Gasteiger partial charge >= 0.3 is 0 Å². The number of nitrogens with zero attached hydrogens (tertiary/aromatic N) is 4. The van der Waals surface area contributed by atoms with Crippen LogP contribution in [0.25, 0.3) is 5.65 Å². The first-order chi connectivity index (χ1) is 4.88. The van der Waals surface area contributed by atoms with E-state index >= 15 is 0 Å². The lowest BCUT2D eigenvalue weighted by Crippen LogP contribution is -1.94. The highest BCUT2D eigenvalue weighted by molar-refractivity contribution is 5.57. The molecule has 5 heteroatoms. The maximum absolute atomic E-state index is 5.47. The Morgan fingerprint density at radius 3 is 3.20 bits per heavy atom. The van der Waals surface area contributed by atoms with Crippen LogP contribution in [-0.4, -0.2) is 19.6 Å². The van der Waals surface area contributed by atoms with Crippen LogP contribution in [0.3, 0.4) is 0 Å². The van der Waals surface area contributed by atoms with Crippen LogP contribution < -0.4 is 5.73 Å². The van der Waals surface area contributed by atoms with Crippen molar-refractivity contribution in [2.24, 2.45) is 0 Å². The molecular formula is C5H5N5. The molecule has 0 aliphatic rings. The van der Waals surface area contributed by atoms with Crippen molar-refractivity contribution in [1.82, 2.24) is 19.6 Å². The molecule has 0 atom stereocenters. The molecule has 2 heterocycles. The maximum atomic E-state index is 5.47. The van der Waals surface area contributed by atoms with Crippen LogP contribution >= 0.6 is 0 Å². The molecule has 50 valence electrons.